The van der Waals surface area contributed by atoms with E-state index in [1.54, 1.807) is 23.3 Å². The molecule has 1 aliphatic rings. The molecule has 0 spiro atoms. The molecule has 0 unspecified atom stereocenters. The van der Waals surface area contributed by atoms with E-state index in [0.29, 0.717) is 32.5 Å². The minimum atomic E-state index is -0.852. The van der Waals surface area contributed by atoms with Crippen molar-refractivity contribution in [2.45, 2.75) is 32.2 Å². The summed E-state index contributed by atoms with van der Waals surface area (Å²) < 4.78 is 6.05. The Labute approximate surface area is 142 Å². The van der Waals surface area contributed by atoms with Gasteiger partial charge in [-0.05, 0) is 40.2 Å². The number of aliphatic carboxylic acids is 1. The molecule has 0 aliphatic heterocycles. The van der Waals surface area contributed by atoms with Gasteiger partial charge in [-0.1, -0.05) is 6.42 Å². The molecule has 1 aromatic rings. The minimum Gasteiger partial charge on any atom is -0.481 e. The zero-order valence-corrected chi connectivity index (χ0v) is 14.9. The van der Waals surface area contributed by atoms with Gasteiger partial charge in [0.2, 0.25) is 5.91 Å². The average molecular weight is 390 g/mol. The topological polar surface area (TPSA) is 66.8 Å². The van der Waals surface area contributed by atoms with Gasteiger partial charge in [0.15, 0.2) is 0 Å². The third kappa shape index (κ3) is 3.88. The van der Waals surface area contributed by atoms with E-state index in [2.05, 4.69) is 15.9 Å². The Bertz CT molecular complexity index is 541. The second kappa shape index (κ2) is 7.57. The maximum Gasteiger partial charge on any atom is 0.310 e. The molecular weight excluding hydrogens is 370 g/mol. The molecule has 1 amide bonds. The Morgan fingerprint density at radius 1 is 1.50 bits per heavy atom. The largest absolute Gasteiger partial charge is 0.481 e. The van der Waals surface area contributed by atoms with E-state index in [0.717, 1.165) is 15.8 Å². The summed E-state index contributed by atoms with van der Waals surface area (Å²) in [5, 5.41) is 11.4. The van der Waals surface area contributed by atoms with Crippen LogP contribution in [0.25, 0.3) is 0 Å². The van der Waals surface area contributed by atoms with Gasteiger partial charge in [-0.25, -0.2) is 0 Å². The number of thiophene rings is 1. The van der Waals surface area contributed by atoms with Crippen molar-refractivity contribution in [2.24, 2.45) is 5.41 Å². The van der Waals surface area contributed by atoms with Gasteiger partial charge in [0.25, 0.3) is 0 Å². The number of halogens is 1. The lowest BCUT2D eigenvalue weighted by molar-refractivity contribution is -0.159. The van der Waals surface area contributed by atoms with Gasteiger partial charge in [-0.2, -0.15) is 0 Å². The standard InChI is InChI=1S/C15H20BrNO4S/c1-21-7-6-17(10-12-11(16)3-8-22-12)13(18)9-15(14(19)20)4-2-5-15/h3,8H,2,4-7,9-10H2,1H3,(H,19,20). The molecule has 1 fully saturated rings. The molecule has 22 heavy (non-hydrogen) atoms. The molecule has 0 bridgehead atoms. The molecule has 0 atom stereocenters. The molecule has 1 N–H and O–H groups in total. The first-order chi connectivity index (χ1) is 10.5. The van der Waals surface area contributed by atoms with Crippen LogP contribution >= 0.6 is 27.3 Å². The van der Waals surface area contributed by atoms with Crippen LogP contribution in [0.3, 0.4) is 0 Å². The molecule has 2 rings (SSSR count). The fourth-order valence-corrected chi connectivity index (χ4v) is 4.07. The van der Waals surface area contributed by atoms with Crippen LogP contribution in [0.4, 0.5) is 0 Å². The second-order valence-corrected chi connectivity index (χ2v) is 7.47. The molecule has 7 heteroatoms. The van der Waals surface area contributed by atoms with Crippen molar-refractivity contribution in [3.05, 3.63) is 20.8 Å². The Morgan fingerprint density at radius 2 is 2.23 bits per heavy atom. The highest BCUT2D eigenvalue weighted by Gasteiger charge is 2.46. The summed E-state index contributed by atoms with van der Waals surface area (Å²) in [4.78, 5) is 26.8. The fourth-order valence-electron chi connectivity index (χ4n) is 2.58. The molecule has 0 aromatic carbocycles. The van der Waals surface area contributed by atoms with Crippen molar-refractivity contribution in [1.82, 2.24) is 4.90 Å². The molecule has 5 nitrogen and oxygen atoms in total. The number of methoxy groups -OCH3 is 1. The third-order valence-corrected chi connectivity index (χ3v) is 6.11. The molecule has 122 valence electrons. The lowest BCUT2D eigenvalue weighted by atomic mass is 9.66. The van der Waals surface area contributed by atoms with E-state index in [1.807, 2.05) is 11.4 Å². The zero-order chi connectivity index (χ0) is 16.2. The smallest absolute Gasteiger partial charge is 0.310 e. The third-order valence-electron chi connectivity index (χ3n) is 4.20. The van der Waals surface area contributed by atoms with Gasteiger partial charge >= 0.3 is 5.97 Å². The number of ether oxygens (including phenoxy) is 1. The first kappa shape index (κ1) is 17.4. The summed E-state index contributed by atoms with van der Waals surface area (Å²) in [6, 6.07) is 1.95. The van der Waals surface area contributed by atoms with Crippen LogP contribution in [0.2, 0.25) is 0 Å². The SMILES string of the molecule is COCCN(Cc1sccc1Br)C(=O)CC1(C(=O)O)CCC1. The maximum atomic E-state index is 12.6. The maximum absolute atomic E-state index is 12.6. The Hall–Kier alpha value is -0.920. The normalized spacial score (nSPS) is 16.1. The summed E-state index contributed by atoms with van der Waals surface area (Å²) in [5.74, 6) is -0.962. The van der Waals surface area contributed by atoms with Gasteiger partial charge < -0.3 is 14.7 Å². The van der Waals surface area contributed by atoms with Crippen LogP contribution < -0.4 is 0 Å². The predicted molar refractivity (Wildman–Crippen MR) is 87.8 cm³/mol. The zero-order valence-electron chi connectivity index (χ0n) is 12.5. The number of hydrogen-bond donors (Lipinski definition) is 1. The highest BCUT2D eigenvalue weighted by Crippen LogP contribution is 2.44. The Balaban J connectivity index is 2.05. The van der Waals surface area contributed by atoms with Crippen LogP contribution in [-0.2, 0) is 20.9 Å². The van der Waals surface area contributed by atoms with Gasteiger partial charge in [0.05, 0.1) is 18.6 Å². The highest BCUT2D eigenvalue weighted by molar-refractivity contribution is 9.10. The van der Waals surface area contributed by atoms with E-state index < -0.39 is 11.4 Å². The Morgan fingerprint density at radius 3 is 2.68 bits per heavy atom. The molecule has 0 saturated heterocycles. The van der Waals surface area contributed by atoms with E-state index in [1.165, 1.54) is 0 Å². The quantitative estimate of drug-likeness (QED) is 0.741. The van der Waals surface area contributed by atoms with Crippen molar-refractivity contribution in [3.63, 3.8) is 0 Å². The molecule has 1 aromatic heterocycles. The number of nitrogens with zero attached hydrogens (tertiary/aromatic N) is 1. The van der Waals surface area contributed by atoms with Crippen molar-refractivity contribution >= 4 is 39.1 Å². The van der Waals surface area contributed by atoms with Crippen LogP contribution in [-0.4, -0.2) is 42.1 Å². The number of carboxylic acid groups (broad SMARTS) is 1. The average Bonchev–Trinajstić information content (AvgIpc) is 2.83. The van der Waals surface area contributed by atoms with Gasteiger partial charge in [0, 0.05) is 29.4 Å². The molecule has 1 heterocycles. The van der Waals surface area contributed by atoms with Gasteiger partial charge in [-0.15, -0.1) is 11.3 Å². The van der Waals surface area contributed by atoms with Crippen molar-refractivity contribution in [1.29, 1.82) is 0 Å². The number of amides is 1. The minimum absolute atomic E-state index is 0.0784. The van der Waals surface area contributed by atoms with E-state index in [4.69, 9.17) is 4.74 Å². The summed E-state index contributed by atoms with van der Waals surface area (Å²) in [7, 11) is 1.59. The second-order valence-electron chi connectivity index (χ2n) is 5.62. The molecule has 1 aliphatic carbocycles. The van der Waals surface area contributed by atoms with Crippen LogP contribution in [0.1, 0.15) is 30.6 Å². The van der Waals surface area contributed by atoms with E-state index in [9.17, 15) is 14.7 Å². The van der Waals surface area contributed by atoms with Crippen molar-refractivity contribution in [2.75, 3.05) is 20.3 Å². The first-order valence-electron chi connectivity index (χ1n) is 7.20. The predicted octanol–water partition coefficient (Wildman–Crippen LogP) is 3.13. The highest BCUT2D eigenvalue weighted by atomic mass is 79.9. The summed E-state index contributed by atoms with van der Waals surface area (Å²) in [6.07, 6.45) is 2.15. The lowest BCUT2D eigenvalue weighted by Gasteiger charge is -2.38. The van der Waals surface area contributed by atoms with Crippen molar-refractivity contribution < 1.29 is 19.4 Å². The number of carbonyl (C=O) groups excluding carboxylic acids is 1. The number of hydrogen-bond acceptors (Lipinski definition) is 4. The number of carboxylic acids is 1. The van der Waals surface area contributed by atoms with Gasteiger partial charge in [-0.3, -0.25) is 9.59 Å². The van der Waals surface area contributed by atoms with Crippen molar-refractivity contribution in [3.8, 4) is 0 Å². The Kier molecular flexibility index (Phi) is 6.00. The fraction of sp³-hybridized carbons (Fsp3) is 0.600. The summed E-state index contributed by atoms with van der Waals surface area (Å²) in [5.41, 5.74) is -0.852. The molecule has 1 saturated carbocycles. The first-order valence-corrected chi connectivity index (χ1v) is 8.88. The molecular formula is C15H20BrNO4S. The number of rotatable bonds is 8. The summed E-state index contributed by atoms with van der Waals surface area (Å²) in [6.45, 7) is 1.39. The van der Waals surface area contributed by atoms with Crippen LogP contribution in [0, 0.1) is 5.41 Å². The number of carbonyl (C=O) groups is 2. The lowest BCUT2D eigenvalue weighted by Crippen LogP contribution is -2.44. The van der Waals surface area contributed by atoms with Gasteiger partial charge in [0.1, 0.15) is 0 Å². The molecule has 0 radical (unpaired) electrons. The monoisotopic (exact) mass is 389 g/mol. The van der Waals surface area contributed by atoms with E-state index >= 15 is 0 Å². The van der Waals surface area contributed by atoms with Crippen LogP contribution in [0.5, 0.6) is 0 Å². The van der Waals surface area contributed by atoms with Crippen LogP contribution in [0.15, 0.2) is 15.9 Å². The van der Waals surface area contributed by atoms with E-state index in [-0.39, 0.29) is 12.3 Å². The summed E-state index contributed by atoms with van der Waals surface area (Å²) >= 11 is 5.04.